The molecule has 7 nitrogen and oxygen atoms in total. The molecule has 0 spiro atoms. The highest BCUT2D eigenvalue weighted by molar-refractivity contribution is 5.95. The Bertz CT molecular complexity index is 764. The number of methoxy groups -OCH3 is 2. The SMILES string of the molecule is COc1ccc(NC(=O)C2CCN(C(=O)c3ccoc3)CC2)c(OC)c1. The first kappa shape index (κ1) is 17.8. The number of nitrogens with one attached hydrogen (secondary N) is 1. The van der Waals surface area contributed by atoms with E-state index < -0.39 is 0 Å². The quantitative estimate of drug-likeness (QED) is 0.889. The molecule has 7 heteroatoms. The maximum atomic E-state index is 12.6. The number of ether oxygens (including phenoxy) is 2. The van der Waals surface area contributed by atoms with E-state index in [0.29, 0.717) is 48.7 Å². The number of nitrogens with zero attached hydrogens (tertiary/aromatic N) is 1. The minimum atomic E-state index is -0.143. The topological polar surface area (TPSA) is 81.0 Å². The molecular formula is C19H22N2O5. The summed E-state index contributed by atoms with van der Waals surface area (Å²) in [4.78, 5) is 26.6. The molecule has 2 aromatic rings. The zero-order valence-corrected chi connectivity index (χ0v) is 14.9. The fourth-order valence-corrected chi connectivity index (χ4v) is 3.05. The Morgan fingerprint density at radius 2 is 1.92 bits per heavy atom. The van der Waals surface area contributed by atoms with Gasteiger partial charge in [0.15, 0.2) is 0 Å². The van der Waals surface area contributed by atoms with Crippen LogP contribution in [0.15, 0.2) is 41.2 Å². The first-order chi connectivity index (χ1) is 12.6. The highest BCUT2D eigenvalue weighted by atomic mass is 16.5. The number of likely N-dealkylation sites (tertiary alicyclic amines) is 1. The van der Waals surface area contributed by atoms with E-state index in [-0.39, 0.29) is 17.7 Å². The van der Waals surface area contributed by atoms with E-state index >= 15 is 0 Å². The molecule has 3 rings (SSSR count). The Morgan fingerprint density at radius 3 is 2.54 bits per heavy atom. The second-order valence-corrected chi connectivity index (χ2v) is 6.13. The monoisotopic (exact) mass is 358 g/mol. The van der Waals surface area contributed by atoms with Crippen molar-refractivity contribution in [2.24, 2.45) is 5.92 Å². The summed E-state index contributed by atoms with van der Waals surface area (Å²) in [5.74, 6) is 0.935. The van der Waals surface area contributed by atoms with Gasteiger partial charge in [-0.05, 0) is 31.0 Å². The lowest BCUT2D eigenvalue weighted by atomic mass is 9.95. The van der Waals surface area contributed by atoms with Crippen molar-refractivity contribution < 1.29 is 23.5 Å². The number of rotatable bonds is 5. The van der Waals surface area contributed by atoms with Crippen LogP contribution in [0.5, 0.6) is 11.5 Å². The normalized spacial score (nSPS) is 14.8. The summed E-state index contributed by atoms with van der Waals surface area (Å²) in [5, 5.41) is 2.92. The molecule has 1 aromatic carbocycles. The number of anilines is 1. The number of hydrogen-bond donors (Lipinski definition) is 1. The molecule has 0 atom stereocenters. The molecule has 1 saturated heterocycles. The van der Waals surface area contributed by atoms with Crippen LogP contribution in [0.1, 0.15) is 23.2 Å². The molecular weight excluding hydrogens is 336 g/mol. The van der Waals surface area contributed by atoms with E-state index in [1.807, 2.05) is 0 Å². The molecule has 0 unspecified atom stereocenters. The second-order valence-electron chi connectivity index (χ2n) is 6.13. The zero-order valence-electron chi connectivity index (χ0n) is 14.9. The number of benzene rings is 1. The van der Waals surface area contributed by atoms with Gasteiger partial charge in [-0.2, -0.15) is 0 Å². The third-order valence-corrected chi connectivity index (χ3v) is 4.59. The molecule has 1 aliphatic heterocycles. The Hall–Kier alpha value is -2.96. The lowest BCUT2D eigenvalue weighted by Gasteiger charge is -2.31. The van der Waals surface area contributed by atoms with E-state index in [1.54, 1.807) is 43.4 Å². The highest BCUT2D eigenvalue weighted by Gasteiger charge is 2.28. The molecule has 0 aliphatic carbocycles. The lowest BCUT2D eigenvalue weighted by Crippen LogP contribution is -2.41. The van der Waals surface area contributed by atoms with Crippen molar-refractivity contribution in [2.75, 3.05) is 32.6 Å². The molecule has 1 N–H and O–H groups in total. The maximum Gasteiger partial charge on any atom is 0.257 e. The molecule has 0 bridgehead atoms. The van der Waals surface area contributed by atoms with Crippen LogP contribution in [0.25, 0.3) is 0 Å². The van der Waals surface area contributed by atoms with Gasteiger partial charge in [0.05, 0.1) is 31.7 Å². The Kier molecular flexibility index (Phi) is 5.46. The standard InChI is InChI=1S/C19H22N2O5/c1-24-15-3-4-16(17(11-15)25-2)20-18(22)13-5-8-21(9-6-13)19(23)14-7-10-26-12-14/h3-4,7,10-13H,5-6,8-9H2,1-2H3,(H,20,22). The molecule has 0 saturated carbocycles. The molecule has 2 amide bonds. The number of hydrogen-bond acceptors (Lipinski definition) is 5. The van der Waals surface area contributed by atoms with Crippen LogP contribution in [0.3, 0.4) is 0 Å². The Morgan fingerprint density at radius 1 is 1.15 bits per heavy atom. The smallest absolute Gasteiger partial charge is 0.257 e. The molecule has 138 valence electrons. The highest BCUT2D eigenvalue weighted by Crippen LogP contribution is 2.30. The summed E-state index contributed by atoms with van der Waals surface area (Å²) in [5.41, 5.74) is 1.14. The maximum absolute atomic E-state index is 12.6. The first-order valence-corrected chi connectivity index (χ1v) is 8.46. The summed E-state index contributed by atoms with van der Waals surface area (Å²) in [6.07, 6.45) is 4.16. The van der Waals surface area contributed by atoms with Gasteiger partial charge in [-0.15, -0.1) is 0 Å². The number of carbonyl (C=O) groups excluding carboxylic acids is 2. The number of amides is 2. The predicted octanol–water partition coefficient (Wildman–Crippen LogP) is 2.79. The fourth-order valence-electron chi connectivity index (χ4n) is 3.05. The van der Waals surface area contributed by atoms with Crippen molar-refractivity contribution in [3.05, 3.63) is 42.4 Å². The summed E-state index contributed by atoms with van der Waals surface area (Å²) in [7, 11) is 3.12. The van der Waals surface area contributed by atoms with Crippen LogP contribution >= 0.6 is 0 Å². The van der Waals surface area contributed by atoms with Crippen LogP contribution in [-0.4, -0.2) is 44.0 Å². The van der Waals surface area contributed by atoms with Crippen LogP contribution in [-0.2, 0) is 4.79 Å². The molecule has 1 aliphatic rings. The average Bonchev–Trinajstić information content (AvgIpc) is 3.22. The minimum Gasteiger partial charge on any atom is -0.497 e. The summed E-state index contributed by atoms with van der Waals surface area (Å²) >= 11 is 0. The van der Waals surface area contributed by atoms with E-state index in [1.165, 1.54) is 12.5 Å². The largest absolute Gasteiger partial charge is 0.497 e. The average molecular weight is 358 g/mol. The summed E-state index contributed by atoms with van der Waals surface area (Å²) in [6, 6.07) is 6.90. The van der Waals surface area contributed by atoms with Crippen molar-refractivity contribution in [3.63, 3.8) is 0 Å². The van der Waals surface area contributed by atoms with Gasteiger partial charge in [-0.25, -0.2) is 0 Å². The van der Waals surface area contributed by atoms with Crippen LogP contribution in [0.4, 0.5) is 5.69 Å². The number of furan rings is 1. The van der Waals surface area contributed by atoms with E-state index in [2.05, 4.69) is 5.32 Å². The van der Waals surface area contributed by atoms with Crippen LogP contribution in [0.2, 0.25) is 0 Å². The van der Waals surface area contributed by atoms with Crippen molar-refractivity contribution >= 4 is 17.5 Å². The van der Waals surface area contributed by atoms with Gasteiger partial charge < -0.3 is 24.1 Å². The van der Waals surface area contributed by atoms with Crippen molar-refractivity contribution in [2.45, 2.75) is 12.8 Å². The van der Waals surface area contributed by atoms with Gasteiger partial charge in [0.25, 0.3) is 5.91 Å². The van der Waals surface area contributed by atoms with Crippen LogP contribution in [0, 0.1) is 5.92 Å². The zero-order chi connectivity index (χ0) is 18.5. The van der Waals surface area contributed by atoms with Gasteiger partial charge in [-0.3, -0.25) is 9.59 Å². The predicted molar refractivity (Wildman–Crippen MR) is 95.5 cm³/mol. The van der Waals surface area contributed by atoms with Gasteiger partial charge in [0.2, 0.25) is 5.91 Å². The van der Waals surface area contributed by atoms with E-state index in [0.717, 1.165) is 0 Å². The van der Waals surface area contributed by atoms with Gasteiger partial charge in [0.1, 0.15) is 17.8 Å². The lowest BCUT2D eigenvalue weighted by molar-refractivity contribution is -0.121. The molecule has 0 radical (unpaired) electrons. The van der Waals surface area contributed by atoms with E-state index in [9.17, 15) is 9.59 Å². The molecule has 2 heterocycles. The third kappa shape index (κ3) is 3.82. The molecule has 1 fully saturated rings. The van der Waals surface area contributed by atoms with Crippen molar-refractivity contribution in [1.29, 1.82) is 0 Å². The molecule has 1 aromatic heterocycles. The van der Waals surface area contributed by atoms with E-state index in [4.69, 9.17) is 13.9 Å². The summed E-state index contributed by atoms with van der Waals surface area (Å²) in [6.45, 7) is 1.09. The Balaban J connectivity index is 1.58. The first-order valence-electron chi connectivity index (χ1n) is 8.46. The number of carbonyl (C=O) groups is 2. The third-order valence-electron chi connectivity index (χ3n) is 4.59. The van der Waals surface area contributed by atoms with Gasteiger partial charge in [0, 0.05) is 25.1 Å². The Labute approximate surface area is 151 Å². The minimum absolute atomic E-state index is 0.0607. The fraction of sp³-hybridized carbons (Fsp3) is 0.368. The number of piperidine rings is 1. The van der Waals surface area contributed by atoms with Crippen LogP contribution < -0.4 is 14.8 Å². The van der Waals surface area contributed by atoms with Crippen molar-refractivity contribution in [1.82, 2.24) is 4.90 Å². The van der Waals surface area contributed by atoms with Crippen molar-refractivity contribution in [3.8, 4) is 11.5 Å². The summed E-state index contributed by atoms with van der Waals surface area (Å²) < 4.78 is 15.4. The second kappa shape index (κ2) is 7.95. The molecule has 26 heavy (non-hydrogen) atoms. The van der Waals surface area contributed by atoms with Gasteiger partial charge in [-0.1, -0.05) is 0 Å². The van der Waals surface area contributed by atoms with Gasteiger partial charge >= 0.3 is 0 Å².